The van der Waals surface area contributed by atoms with Gasteiger partial charge in [0.2, 0.25) is 5.91 Å². The Balaban J connectivity index is 1.51. The van der Waals surface area contributed by atoms with Crippen LogP contribution in [0.25, 0.3) is 18.7 Å². The Morgan fingerprint density at radius 1 is 1.09 bits per heavy atom. The summed E-state index contributed by atoms with van der Waals surface area (Å²) >= 11 is 1.80. The third-order valence-corrected chi connectivity index (χ3v) is 10.4. The van der Waals surface area contributed by atoms with Gasteiger partial charge in [-0.15, -0.1) is 0 Å². The lowest BCUT2D eigenvalue weighted by Gasteiger charge is -2.23. The largest absolute Gasteiger partial charge is 0.495 e. The van der Waals surface area contributed by atoms with Crippen molar-refractivity contribution in [3.05, 3.63) is 61.3 Å². The first-order chi connectivity index (χ1) is 20.9. The second-order valence-electron chi connectivity index (χ2n) is 12.1. The van der Waals surface area contributed by atoms with Crippen LogP contribution in [0.5, 0.6) is 0 Å². The lowest BCUT2D eigenvalue weighted by Crippen LogP contribution is -2.36. The minimum Gasteiger partial charge on any atom is -0.495 e. The number of carbonyl (C=O) groups excluding carboxylic acids is 1. The summed E-state index contributed by atoms with van der Waals surface area (Å²) in [6.07, 6.45) is 5.87. The van der Waals surface area contributed by atoms with E-state index < -0.39 is 11.9 Å². The van der Waals surface area contributed by atoms with E-state index in [9.17, 15) is 29.7 Å². The number of carbonyl (C=O) groups is 3. The normalized spacial score (nSPS) is 27.8. The summed E-state index contributed by atoms with van der Waals surface area (Å²) in [6.45, 7) is 12.3. The van der Waals surface area contributed by atoms with Gasteiger partial charge >= 0.3 is 11.9 Å². The van der Waals surface area contributed by atoms with Crippen LogP contribution in [0.3, 0.4) is 0 Å². The molecule has 0 aromatic carbocycles. The van der Waals surface area contributed by atoms with Gasteiger partial charge in [-0.05, 0) is 84.8 Å². The van der Waals surface area contributed by atoms with Gasteiger partial charge in [0.05, 0.1) is 6.04 Å². The second kappa shape index (κ2) is 12.6. The summed E-state index contributed by atoms with van der Waals surface area (Å²) in [5.41, 5.74) is 7.07. The molecular weight excluding hydrogens is 580 g/mol. The fraction of sp³-hybridized carbons (Fsp3) is 0.485. The molecule has 10 nitrogen and oxygen atoms in total. The fourth-order valence-electron chi connectivity index (χ4n) is 6.80. The van der Waals surface area contributed by atoms with Crippen molar-refractivity contribution in [1.29, 1.82) is 0 Å². The Morgan fingerprint density at radius 3 is 2.39 bits per heavy atom. The van der Waals surface area contributed by atoms with Crippen molar-refractivity contribution in [2.24, 2.45) is 5.92 Å². The molecular formula is C33H42N4O6S. The number of amides is 1. The quantitative estimate of drug-likeness (QED) is 0.174. The molecule has 11 heteroatoms. The number of aliphatic carboxylic acids is 2. The highest BCUT2D eigenvalue weighted by atomic mass is 32.2. The fourth-order valence-corrected chi connectivity index (χ4v) is 7.58. The number of aromatic nitrogens is 1. The highest BCUT2D eigenvalue weighted by molar-refractivity contribution is 8.07. The van der Waals surface area contributed by atoms with Crippen LogP contribution in [-0.4, -0.2) is 67.3 Å². The molecule has 1 amide bonds. The maximum atomic E-state index is 12.5. The zero-order valence-corrected chi connectivity index (χ0v) is 26.5. The van der Waals surface area contributed by atoms with Crippen LogP contribution in [0, 0.1) is 5.92 Å². The van der Waals surface area contributed by atoms with E-state index in [-0.39, 0.29) is 55.1 Å². The molecule has 0 spiro atoms. The number of carboxylic acids is 2. The number of nitrogens with one attached hydrogen (secondary N) is 4. The van der Waals surface area contributed by atoms with Crippen molar-refractivity contribution in [2.45, 2.75) is 89.6 Å². The number of H-pyrrole nitrogens is 1. The number of aliphatic hydroxyl groups excluding tert-OH is 1. The van der Waals surface area contributed by atoms with Crippen molar-refractivity contribution in [3.63, 3.8) is 0 Å². The van der Waals surface area contributed by atoms with Gasteiger partial charge in [0, 0.05) is 64.2 Å². The molecule has 5 rings (SSSR count). The van der Waals surface area contributed by atoms with Crippen molar-refractivity contribution < 1.29 is 29.7 Å². The van der Waals surface area contributed by atoms with E-state index in [4.69, 9.17) is 0 Å². The average Bonchev–Trinajstić information content (AvgIpc) is 3.53. The Morgan fingerprint density at radius 2 is 1.77 bits per heavy atom. The average molecular weight is 623 g/mol. The highest BCUT2D eigenvalue weighted by Crippen LogP contribution is 2.41. The first kappa shape index (κ1) is 31.6. The molecule has 2 unspecified atom stereocenters. The summed E-state index contributed by atoms with van der Waals surface area (Å²) in [7, 11) is 0. The van der Waals surface area contributed by atoms with E-state index in [1.807, 2.05) is 32.9 Å². The molecule has 1 aromatic rings. The van der Waals surface area contributed by atoms with Crippen molar-refractivity contribution >= 4 is 48.3 Å². The molecule has 4 aliphatic heterocycles. The first-order valence-electron chi connectivity index (χ1n) is 15.2. The predicted octanol–water partition coefficient (Wildman–Crippen LogP) is 2.82. The van der Waals surface area contributed by atoms with Gasteiger partial charge in [0.1, 0.15) is 0 Å². The maximum absolute atomic E-state index is 12.5. The van der Waals surface area contributed by atoms with E-state index in [1.54, 1.807) is 11.8 Å². The molecule has 5 atom stereocenters. The first-order valence-corrected chi connectivity index (χ1v) is 16.3. The molecule has 0 radical (unpaired) electrons. The van der Waals surface area contributed by atoms with E-state index in [0.29, 0.717) is 29.0 Å². The van der Waals surface area contributed by atoms with Gasteiger partial charge in [-0.25, -0.2) is 0 Å². The van der Waals surface area contributed by atoms with Gasteiger partial charge in [0.25, 0.3) is 0 Å². The van der Waals surface area contributed by atoms with Gasteiger partial charge in [0.15, 0.2) is 5.88 Å². The number of hydrogen-bond donors (Lipinski definition) is 7. The van der Waals surface area contributed by atoms with Gasteiger partial charge in [-0.2, -0.15) is 11.8 Å². The van der Waals surface area contributed by atoms with Crippen molar-refractivity contribution in [2.75, 3.05) is 5.75 Å². The van der Waals surface area contributed by atoms with Crippen molar-refractivity contribution in [1.82, 2.24) is 20.9 Å². The zero-order chi connectivity index (χ0) is 31.9. The number of thioether (sulfide) groups is 1. The Labute approximate surface area is 261 Å². The number of aromatic amines is 1. The molecule has 1 aromatic heterocycles. The summed E-state index contributed by atoms with van der Waals surface area (Å²) < 4.78 is 0. The zero-order valence-electron chi connectivity index (χ0n) is 25.7. The molecule has 7 N–H and O–H groups in total. The second-order valence-corrected chi connectivity index (χ2v) is 13.4. The van der Waals surface area contributed by atoms with Crippen LogP contribution >= 0.6 is 11.8 Å². The minimum atomic E-state index is -0.914. The Bertz CT molecular complexity index is 1630. The van der Waals surface area contributed by atoms with Gasteiger partial charge < -0.3 is 36.3 Å². The van der Waals surface area contributed by atoms with Crippen LogP contribution in [0.15, 0.2) is 39.4 Å². The van der Waals surface area contributed by atoms with Crippen LogP contribution in [0.1, 0.15) is 71.1 Å². The van der Waals surface area contributed by atoms with E-state index >= 15 is 0 Å². The Kier molecular flexibility index (Phi) is 9.06. The summed E-state index contributed by atoms with van der Waals surface area (Å²) in [4.78, 5) is 39.1. The third-order valence-electron chi connectivity index (χ3n) is 9.46. The lowest BCUT2D eigenvalue weighted by molar-refractivity contribution is -0.138. The predicted molar refractivity (Wildman–Crippen MR) is 172 cm³/mol. The molecule has 4 aliphatic rings. The molecule has 1 fully saturated rings. The molecule has 1 saturated heterocycles. The molecule has 236 valence electrons. The van der Waals surface area contributed by atoms with Crippen molar-refractivity contribution in [3.8, 4) is 0 Å². The molecule has 5 heterocycles. The molecule has 0 saturated carbocycles. The topological polar surface area (TPSA) is 164 Å². The SMILES string of the molecule is C=c1c(CCC(=O)O)c(/C=C2\NC(C[C@H]3NC(O)=C(CC)C3C)C(C)=C2CCC(=O)O)[nH]/c1=C/[C@@H]1NC(=O)C(C)=C1[C@@H]1CS1. The third kappa shape index (κ3) is 6.33. The monoisotopic (exact) mass is 622 g/mol. The minimum absolute atomic E-state index is 0.0238. The number of rotatable bonds is 12. The molecule has 0 aliphatic carbocycles. The van der Waals surface area contributed by atoms with Gasteiger partial charge in [-0.3, -0.25) is 14.4 Å². The highest BCUT2D eigenvalue weighted by Gasteiger charge is 2.39. The number of aliphatic hydroxyl groups is 1. The van der Waals surface area contributed by atoms with E-state index in [0.717, 1.165) is 56.6 Å². The van der Waals surface area contributed by atoms with E-state index in [1.165, 1.54) is 0 Å². The molecule has 44 heavy (non-hydrogen) atoms. The molecule has 0 bridgehead atoms. The number of hydrogen-bond acceptors (Lipinski definition) is 7. The van der Waals surface area contributed by atoms with Crippen LogP contribution in [-0.2, 0) is 20.8 Å². The standard InChI is InChI=1S/C33H42N4O6S/c1-6-19-15(2)24(36-33(19)43)11-22-16(3)20(7-9-29(38)39)25(34-22)13-26-21(8-10-30(40)41)17(4)23(35-26)12-27-31(28-14-44-28)18(5)32(42)37-27/h12-13,15,22,24,27-28,34-36,43H,4,6-11,14H2,1-3,5H3,(H,37,42)(H,38,39)(H,40,41)/b23-12+,25-13-/t15?,22?,24-,27+,28+/m1/s1. The Hall–Kier alpha value is -3.86. The number of carboxylic acid groups (broad SMARTS) is 2. The maximum Gasteiger partial charge on any atom is 0.303 e. The smallest absolute Gasteiger partial charge is 0.303 e. The van der Waals surface area contributed by atoms with Crippen LogP contribution in [0.2, 0.25) is 0 Å². The van der Waals surface area contributed by atoms with Gasteiger partial charge in [-0.1, -0.05) is 20.4 Å². The summed E-state index contributed by atoms with van der Waals surface area (Å²) in [5, 5.41) is 41.0. The summed E-state index contributed by atoms with van der Waals surface area (Å²) in [6, 6.07) is -0.313. The number of allylic oxidation sites excluding steroid dienone is 1. The van der Waals surface area contributed by atoms with E-state index in [2.05, 4.69) is 34.4 Å². The van der Waals surface area contributed by atoms with Crippen LogP contribution < -0.4 is 26.5 Å². The summed E-state index contributed by atoms with van der Waals surface area (Å²) in [5.74, 6) is -0.480. The lowest BCUT2D eigenvalue weighted by atomic mass is 9.89. The van der Waals surface area contributed by atoms with Crippen LogP contribution in [0.4, 0.5) is 0 Å².